The molecule has 0 unspecified atom stereocenters. The molecule has 1 heterocycles. The second-order valence-corrected chi connectivity index (χ2v) is 6.54. The first-order valence-electron chi connectivity index (χ1n) is 7.23. The van der Waals surface area contributed by atoms with Crippen LogP contribution in [0.15, 0.2) is 54.6 Å². The van der Waals surface area contributed by atoms with Crippen LogP contribution in [0.5, 0.6) is 0 Å². The number of aromatic nitrogens is 1. The second kappa shape index (κ2) is 5.01. The fraction of sp³-hybridized carbons (Fsp3) is 0.167. The van der Waals surface area contributed by atoms with Crippen LogP contribution in [-0.4, -0.2) is 4.98 Å². The number of rotatable bonds is 3. The summed E-state index contributed by atoms with van der Waals surface area (Å²) in [5.74, 6) is 0.662. The first-order chi connectivity index (χ1) is 10.3. The SMILES string of the molecule is Nc1sc(C2CC2)nc1-c1ccc(-c2ccccc2)cc1. The van der Waals surface area contributed by atoms with Gasteiger partial charge >= 0.3 is 0 Å². The fourth-order valence-electron chi connectivity index (χ4n) is 2.51. The zero-order chi connectivity index (χ0) is 14.2. The fourth-order valence-corrected chi connectivity index (χ4v) is 3.54. The average Bonchev–Trinajstić information content (AvgIpc) is 3.31. The monoisotopic (exact) mass is 292 g/mol. The number of benzene rings is 2. The van der Waals surface area contributed by atoms with E-state index in [0.29, 0.717) is 5.92 Å². The van der Waals surface area contributed by atoms with Gasteiger partial charge in [-0.1, -0.05) is 54.6 Å². The summed E-state index contributed by atoms with van der Waals surface area (Å²) in [6, 6.07) is 18.9. The summed E-state index contributed by atoms with van der Waals surface area (Å²) in [7, 11) is 0. The lowest BCUT2D eigenvalue weighted by molar-refractivity contribution is 1.09. The first kappa shape index (κ1) is 12.6. The summed E-state index contributed by atoms with van der Waals surface area (Å²) >= 11 is 1.65. The molecule has 4 rings (SSSR count). The number of nitrogen functional groups attached to an aromatic ring is 1. The van der Waals surface area contributed by atoms with Crippen molar-refractivity contribution in [1.29, 1.82) is 0 Å². The molecule has 0 spiro atoms. The minimum Gasteiger partial charge on any atom is -0.389 e. The van der Waals surface area contributed by atoms with Crippen LogP contribution in [0.25, 0.3) is 22.4 Å². The van der Waals surface area contributed by atoms with Gasteiger partial charge in [0.1, 0.15) is 10.7 Å². The molecule has 3 heteroatoms. The molecule has 2 nitrogen and oxygen atoms in total. The normalized spacial score (nSPS) is 14.3. The van der Waals surface area contributed by atoms with E-state index in [9.17, 15) is 0 Å². The quantitative estimate of drug-likeness (QED) is 0.743. The molecule has 0 amide bonds. The van der Waals surface area contributed by atoms with Crippen molar-refractivity contribution in [2.75, 3.05) is 5.73 Å². The predicted molar refractivity (Wildman–Crippen MR) is 89.4 cm³/mol. The van der Waals surface area contributed by atoms with Crippen molar-refractivity contribution >= 4 is 16.3 Å². The standard InChI is InChI=1S/C18H16N2S/c19-17-16(20-18(21-17)15-10-11-15)14-8-6-13(7-9-14)12-4-2-1-3-5-12/h1-9,15H,10-11,19H2. The van der Waals surface area contributed by atoms with Crippen LogP contribution >= 0.6 is 11.3 Å². The lowest BCUT2D eigenvalue weighted by Crippen LogP contribution is -1.86. The van der Waals surface area contributed by atoms with E-state index in [1.54, 1.807) is 11.3 Å². The molecule has 2 N–H and O–H groups in total. The molecule has 104 valence electrons. The highest BCUT2D eigenvalue weighted by Gasteiger charge is 2.28. The highest BCUT2D eigenvalue weighted by Crippen LogP contribution is 2.45. The molecule has 1 aliphatic carbocycles. The van der Waals surface area contributed by atoms with Crippen LogP contribution in [-0.2, 0) is 0 Å². The molecule has 1 aromatic heterocycles. The van der Waals surface area contributed by atoms with Gasteiger partial charge in [-0.3, -0.25) is 0 Å². The van der Waals surface area contributed by atoms with Crippen LogP contribution < -0.4 is 5.73 Å². The second-order valence-electron chi connectivity index (χ2n) is 5.48. The van der Waals surface area contributed by atoms with E-state index < -0.39 is 0 Å². The average molecular weight is 292 g/mol. The largest absolute Gasteiger partial charge is 0.389 e. The number of thiazole rings is 1. The first-order valence-corrected chi connectivity index (χ1v) is 8.05. The van der Waals surface area contributed by atoms with E-state index in [1.165, 1.54) is 29.0 Å². The van der Waals surface area contributed by atoms with Crippen LogP contribution in [0.1, 0.15) is 23.8 Å². The smallest absolute Gasteiger partial charge is 0.114 e. The molecule has 1 fully saturated rings. The Morgan fingerprint density at radius 1 is 0.857 bits per heavy atom. The van der Waals surface area contributed by atoms with E-state index in [-0.39, 0.29) is 0 Å². The third kappa shape index (κ3) is 2.45. The third-order valence-corrected chi connectivity index (χ3v) is 4.91. The zero-order valence-electron chi connectivity index (χ0n) is 11.6. The van der Waals surface area contributed by atoms with Gasteiger partial charge in [0.25, 0.3) is 0 Å². The highest BCUT2D eigenvalue weighted by atomic mass is 32.1. The Bertz CT molecular complexity index is 756. The lowest BCUT2D eigenvalue weighted by Gasteiger charge is -2.03. The molecule has 0 aliphatic heterocycles. The predicted octanol–water partition coefficient (Wildman–Crippen LogP) is 4.94. The van der Waals surface area contributed by atoms with Gasteiger partial charge in [0.2, 0.25) is 0 Å². The number of hydrogen-bond acceptors (Lipinski definition) is 3. The van der Waals surface area contributed by atoms with E-state index in [4.69, 9.17) is 10.7 Å². The number of anilines is 1. The lowest BCUT2D eigenvalue weighted by atomic mass is 10.0. The summed E-state index contributed by atoms with van der Waals surface area (Å²) in [6.07, 6.45) is 2.53. The van der Waals surface area contributed by atoms with Crippen molar-refractivity contribution in [3.63, 3.8) is 0 Å². The highest BCUT2D eigenvalue weighted by molar-refractivity contribution is 7.16. The molecule has 0 bridgehead atoms. The van der Waals surface area contributed by atoms with E-state index in [2.05, 4.69) is 48.5 Å². The van der Waals surface area contributed by atoms with Gasteiger partial charge < -0.3 is 5.73 Å². The molecule has 0 atom stereocenters. The Morgan fingerprint density at radius 3 is 2.14 bits per heavy atom. The number of nitrogens with zero attached hydrogens (tertiary/aromatic N) is 1. The van der Waals surface area contributed by atoms with Gasteiger partial charge in [0.05, 0.1) is 5.01 Å². The van der Waals surface area contributed by atoms with Gasteiger partial charge in [0, 0.05) is 11.5 Å². The maximum atomic E-state index is 6.14. The van der Waals surface area contributed by atoms with Crippen LogP contribution in [0.2, 0.25) is 0 Å². The van der Waals surface area contributed by atoms with Crippen LogP contribution in [0.3, 0.4) is 0 Å². The Hall–Kier alpha value is -2.13. The molecule has 21 heavy (non-hydrogen) atoms. The Kier molecular flexibility index (Phi) is 3.00. The van der Waals surface area contributed by atoms with Gasteiger partial charge in [-0.15, -0.1) is 11.3 Å². The van der Waals surface area contributed by atoms with E-state index >= 15 is 0 Å². The van der Waals surface area contributed by atoms with Gasteiger partial charge in [-0.25, -0.2) is 4.98 Å². The Morgan fingerprint density at radius 2 is 1.48 bits per heavy atom. The van der Waals surface area contributed by atoms with Crippen molar-refractivity contribution in [2.24, 2.45) is 0 Å². The van der Waals surface area contributed by atoms with Gasteiger partial charge in [0.15, 0.2) is 0 Å². The summed E-state index contributed by atoms with van der Waals surface area (Å²) in [6.45, 7) is 0. The molecule has 0 saturated heterocycles. The molecule has 1 aliphatic rings. The van der Waals surface area contributed by atoms with Gasteiger partial charge in [-0.2, -0.15) is 0 Å². The zero-order valence-corrected chi connectivity index (χ0v) is 12.4. The minimum absolute atomic E-state index is 0.662. The van der Waals surface area contributed by atoms with Crippen LogP contribution in [0.4, 0.5) is 5.00 Å². The summed E-state index contributed by atoms with van der Waals surface area (Å²) in [5.41, 5.74) is 10.6. The van der Waals surface area contributed by atoms with Crippen molar-refractivity contribution in [3.05, 3.63) is 59.6 Å². The molecule has 0 radical (unpaired) electrons. The summed E-state index contributed by atoms with van der Waals surface area (Å²) < 4.78 is 0. The molecule has 3 aromatic rings. The topological polar surface area (TPSA) is 38.9 Å². The molecule has 1 saturated carbocycles. The number of nitrogens with two attached hydrogens (primary N) is 1. The maximum Gasteiger partial charge on any atom is 0.114 e. The van der Waals surface area contributed by atoms with E-state index in [1.807, 2.05) is 6.07 Å². The third-order valence-electron chi connectivity index (χ3n) is 3.86. The van der Waals surface area contributed by atoms with Crippen molar-refractivity contribution in [1.82, 2.24) is 4.98 Å². The Labute approximate surface area is 128 Å². The summed E-state index contributed by atoms with van der Waals surface area (Å²) in [5, 5.41) is 2.04. The maximum absolute atomic E-state index is 6.14. The van der Waals surface area contributed by atoms with Gasteiger partial charge in [-0.05, 0) is 24.0 Å². The number of hydrogen-bond donors (Lipinski definition) is 1. The van der Waals surface area contributed by atoms with Crippen molar-refractivity contribution in [2.45, 2.75) is 18.8 Å². The van der Waals surface area contributed by atoms with Crippen molar-refractivity contribution < 1.29 is 0 Å². The summed E-state index contributed by atoms with van der Waals surface area (Å²) in [4.78, 5) is 4.74. The van der Waals surface area contributed by atoms with E-state index in [0.717, 1.165) is 16.3 Å². The van der Waals surface area contributed by atoms with Crippen molar-refractivity contribution in [3.8, 4) is 22.4 Å². The molecule has 2 aromatic carbocycles. The molecular weight excluding hydrogens is 276 g/mol. The minimum atomic E-state index is 0.662. The van der Waals surface area contributed by atoms with Crippen LogP contribution in [0, 0.1) is 0 Å². The Balaban J connectivity index is 1.67. The molecular formula is C18H16N2S.